The highest BCUT2D eigenvalue weighted by Crippen LogP contribution is 2.24. The predicted octanol–water partition coefficient (Wildman–Crippen LogP) is 3.29. The predicted molar refractivity (Wildman–Crippen MR) is 122 cm³/mol. The van der Waals surface area contributed by atoms with Crippen LogP contribution in [-0.4, -0.2) is 56.0 Å². The number of anilines is 2. The first-order valence-corrected chi connectivity index (χ1v) is 10.8. The summed E-state index contributed by atoms with van der Waals surface area (Å²) >= 11 is 0. The number of carbonyl (C=O) groups excluding carboxylic acids is 2. The van der Waals surface area contributed by atoms with E-state index in [0.717, 1.165) is 44.0 Å². The molecule has 2 aromatic carbocycles. The maximum atomic E-state index is 12.3. The number of piperazine rings is 1. The van der Waals surface area contributed by atoms with Gasteiger partial charge in [0.15, 0.2) is 0 Å². The summed E-state index contributed by atoms with van der Waals surface area (Å²) in [5.74, 6) is -0.140. The van der Waals surface area contributed by atoms with Crippen LogP contribution in [0.4, 0.5) is 11.4 Å². The third-order valence-corrected chi connectivity index (χ3v) is 5.57. The van der Waals surface area contributed by atoms with Crippen LogP contribution in [0.15, 0.2) is 48.5 Å². The molecule has 1 aliphatic heterocycles. The van der Waals surface area contributed by atoms with Gasteiger partial charge in [0.2, 0.25) is 5.91 Å². The van der Waals surface area contributed by atoms with E-state index in [0.29, 0.717) is 24.9 Å². The topological polar surface area (TPSA) is 64.7 Å². The summed E-state index contributed by atoms with van der Waals surface area (Å²) in [7, 11) is 0. The summed E-state index contributed by atoms with van der Waals surface area (Å²) in [6.45, 7) is 10.1. The highest BCUT2D eigenvalue weighted by molar-refractivity contribution is 5.94. The molecule has 0 radical (unpaired) electrons. The van der Waals surface area contributed by atoms with Crippen LogP contribution < -0.4 is 15.5 Å². The van der Waals surface area contributed by atoms with E-state index < -0.39 is 0 Å². The molecule has 1 aliphatic rings. The molecular weight excluding hydrogens is 376 g/mol. The summed E-state index contributed by atoms with van der Waals surface area (Å²) < 4.78 is 0. The van der Waals surface area contributed by atoms with Crippen LogP contribution >= 0.6 is 0 Å². The molecule has 0 unspecified atom stereocenters. The Hall–Kier alpha value is -2.86. The third-order valence-electron chi connectivity index (χ3n) is 5.57. The molecule has 0 aromatic heterocycles. The van der Waals surface area contributed by atoms with E-state index in [1.165, 1.54) is 5.69 Å². The number of carbonyl (C=O) groups is 2. The summed E-state index contributed by atoms with van der Waals surface area (Å²) in [6.07, 6.45) is 0.971. The normalized spacial score (nSPS) is 14.4. The van der Waals surface area contributed by atoms with Crippen molar-refractivity contribution in [3.05, 3.63) is 59.7 Å². The molecule has 0 spiro atoms. The number of likely N-dealkylation sites (N-methyl/N-ethyl adjacent to an activating group) is 1. The molecule has 2 N–H and O–H groups in total. The standard InChI is InChI=1S/C24H32N4O2/c1-3-27-14-16-28(17-15-27)21-11-12-22(19(2)18-21)26-23(29)10-7-13-25-24(30)20-8-5-4-6-9-20/h4-6,8-9,11-12,18H,3,7,10,13-17H2,1-2H3,(H,25,30)(H,26,29). The Balaban J connectivity index is 1.42. The molecule has 0 aliphatic carbocycles. The molecule has 1 saturated heterocycles. The average molecular weight is 409 g/mol. The van der Waals surface area contributed by atoms with Gasteiger partial charge in [-0.1, -0.05) is 25.1 Å². The highest BCUT2D eigenvalue weighted by atomic mass is 16.2. The average Bonchev–Trinajstić information content (AvgIpc) is 2.78. The van der Waals surface area contributed by atoms with Gasteiger partial charge in [0.1, 0.15) is 0 Å². The third kappa shape index (κ3) is 6.07. The van der Waals surface area contributed by atoms with E-state index in [-0.39, 0.29) is 11.8 Å². The van der Waals surface area contributed by atoms with Crippen molar-refractivity contribution in [2.75, 3.05) is 49.5 Å². The van der Waals surface area contributed by atoms with Gasteiger partial charge < -0.3 is 20.4 Å². The van der Waals surface area contributed by atoms with Gasteiger partial charge in [0.25, 0.3) is 5.91 Å². The van der Waals surface area contributed by atoms with Crippen LogP contribution in [0, 0.1) is 6.92 Å². The maximum absolute atomic E-state index is 12.3. The number of nitrogens with one attached hydrogen (secondary N) is 2. The van der Waals surface area contributed by atoms with Crippen molar-refractivity contribution in [2.45, 2.75) is 26.7 Å². The number of aryl methyl sites for hydroxylation is 1. The molecule has 1 fully saturated rings. The van der Waals surface area contributed by atoms with E-state index in [4.69, 9.17) is 0 Å². The Labute approximate surface area is 179 Å². The molecule has 1 heterocycles. The number of benzene rings is 2. The maximum Gasteiger partial charge on any atom is 0.251 e. The van der Waals surface area contributed by atoms with E-state index in [1.807, 2.05) is 31.2 Å². The Morgan fingerprint density at radius 3 is 2.40 bits per heavy atom. The zero-order valence-electron chi connectivity index (χ0n) is 18.0. The summed E-state index contributed by atoms with van der Waals surface area (Å²) in [5, 5.41) is 5.85. The molecule has 0 saturated carbocycles. The number of nitrogens with zero attached hydrogens (tertiary/aromatic N) is 2. The second-order valence-electron chi connectivity index (χ2n) is 7.69. The Morgan fingerprint density at radius 2 is 1.73 bits per heavy atom. The van der Waals surface area contributed by atoms with Gasteiger partial charge in [-0.05, 0) is 55.8 Å². The fourth-order valence-electron chi connectivity index (χ4n) is 3.66. The fraction of sp³-hybridized carbons (Fsp3) is 0.417. The lowest BCUT2D eigenvalue weighted by molar-refractivity contribution is -0.116. The van der Waals surface area contributed by atoms with Gasteiger partial charge >= 0.3 is 0 Å². The van der Waals surface area contributed by atoms with Crippen LogP contribution in [0.3, 0.4) is 0 Å². The van der Waals surface area contributed by atoms with Crippen molar-refractivity contribution in [3.8, 4) is 0 Å². The monoisotopic (exact) mass is 408 g/mol. The van der Waals surface area contributed by atoms with Crippen molar-refractivity contribution in [1.29, 1.82) is 0 Å². The summed E-state index contributed by atoms with van der Waals surface area (Å²) in [6, 6.07) is 15.3. The van der Waals surface area contributed by atoms with Gasteiger partial charge in [-0.15, -0.1) is 0 Å². The molecule has 0 bridgehead atoms. The lowest BCUT2D eigenvalue weighted by Crippen LogP contribution is -2.46. The second-order valence-corrected chi connectivity index (χ2v) is 7.69. The lowest BCUT2D eigenvalue weighted by Gasteiger charge is -2.35. The van der Waals surface area contributed by atoms with E-state index in [2.05, 4.69) is 39.5 Å². The van der Waals surface area contributed by atoms with Crippen molar-refractivity contribution >= 4 is 23.2 Å². The number of rotatable bonds is 8. The first-order chi connectivity index (χ1) is 14.6. The van der Waals surface area contributed by atoms with Crippen LogP contribution in [0.25, 0.3) is 0 Å². The van der Waals surface area contributed by atoms with E-state index in [1.54, 1.807) is 12.1 Å². The fourth-order valence-corrected chi connectivity index (χ4v) is 3.66. The second kappa shape index (κ2) is 10.8. The number of amides is 2. The molecule has 2 aromatic rings. The summed E-state index contributed by atoms with van der Waals surface area (Å²) in [5.41, 5.74) is 3.76. The van der Waals surface area contributed by atoms with Crippen molar-refractivity contribution < 1.29 is 9.59 Å². The van der Waals surface area contributed by atoms with Crippen molar-refractivity contribution in [2.24, 2.45) is 0 Å². The first kappa shape index (κ1) is 21.8. The largest absolute Gasteiger partial charge is 0.369 e. The Morgan fingerprint density at radius 1 is 1.00 bits per heavy atom. The van der Waals surface area contributed by atoms with Gasteiger partial charge in [0.05, 0.1) is 0 Å². The van der Waals surface area contributed by atoms with Gasteiger partial charge in [-0.3, -0.25) is 9.59 Å². The SMILES string of the molecule is CCN1CCN(c2ccc(NC(=O)CCCNC(=O)c3ccccc3)c(C)c2)CC1. The molecule has 3 rings (SSSR count). The molecule has 2 amide bonds. The Kier molecular flexibility index (Phi) is 7.85. The number of hydrogen-bond acceptors (Lipinski definition) is 4. The minimum atomic E-state index is -0.109. The Bertz CT molecular complexity index is 846. The lowest BCUT2D eigenvalue weighted by atomic mass is 10.1. The van der Waals surface area contributed by atoms with Crippen LogP contribution in [0.1, 0.15) is 35.7 Å². The quantitative estimate of drug-likeness (QED) is 0.658. The van der Waals surface area contributed by atoms with Gasteiger partial charge in [-0.2, -0.15) is 0 Å². The van der Waals surface area contributed by atoms with Crippen LogP contribution in [0.2, 0.25) is 0 Å². The minimum absolute atomic E-state index is 0.0311. The van der Waals surface area contributed by atoms with E-state index in [9.17, 15) is 9.59 Å². The molecule has 160 valence electrons. The summed E-state index contributed by atoms with van der Waals surface area (Å²) in [4.78, 5) is 29.2. The van der Waals surface area contributed by atoms with Gasteiger partial charge in [0, 0.05) is 56.1 Å². The zero-order valence-corrected chi connectivity index (χ0v) is 18.0. The highest BCUT2D eigenvalue weighted by Gasteiger charge is 2.16. The van der Waals surface area contributed by atoms with Crippen LogP contribution in [0.5, 0.6) is 0 Å². The van der Waals surface area contributed by atoms with Crippen LogP contribution in [-0.2, 0) is 4.79 Å². The zero-order chi connectivity index (χ0) is 21.3. The molecule has 6 heteroatoms. The first-order valence-electron chi connectivity index (χ1n) is 10.8. The van der Waals surface area contributed by atoms with Crippen molar-refractivity contribution in [1.82, 2.24) is 10.2 Å². The molecule has 30 heavy (non-hydrogen) atoms. The molecular formula is C24H32N4O2. The van der Waals surface area contributed by atoms with Crippen molar-refractivity contribution in [3.63, 3.8) is 0 Å². The molecule has 0 atom stereocenters. The minimum Gasteiger partial charge on any atom is -0.369 e. The number of hydrogen-bond donors (Lipinski definition) is 2. The smallest absolute Gasteiger partial charge is 0.251 e. The molecule has 6 nitrogen and oxygen atoms in total. The van der Waals surface area contributed by atoms with E-state index >= 15 is 0 Å². The van der Waals surface area contributed by atoms with Gasteiger partial charge in [-0.25, -0.2) is 0 Å².